The molecule has 0 aliphatic rings. The van der Waals surface area contributed by atoms with Crippen LogP contribution in [-0.2, 0) is 0 Å². The number of hydrogen-bond donors (Lipinski definition) is 0. The molecule has 0 amide bonds. The van der Waals surface area contributed by atoms with Crippen LogP contribution in [0.4, 0.5) is 11.4 Å². The molecule has 2 aromatic rings. The van der Waals surface area contributed by atoms with Gasteiger partial charge in [0.05, 0.1) is 23.0 Å². The second-order valence-corrected chi connectivity index (χ2v) is 4.26. The number of hydrogen-bond acceptors (Lipinski definition) is 7. The van der Waals surface area contributed by atoms with E-state index in [2.05, 4.69) is 4.98 Å². The quantitative estimate of drug-likeness (QED) is 0.615. The van der Waals surface area contributed by atoms with Crippen molar-refractivity contribution in [2.24, 2.45) is 0 Å². The average molecular weight is 305 g/mol. The van der Waals surface area contributed by atoms with E-state index in [9.17, 15) is 20.2 Å². The first-order valence-electron chi connectivity index (χ1n) is 6.03. The van der Waals surface area contributed by atoms with Crippen LogP contribution in [0.15, 0.2) is 30.5 Å². The summed E-state index contributed by atoms with van der Waals surface area (Å²) in [7, 11) is 1.35. The molecule has 0 bridgehead atoms. The highest BCUT2D eigenvalue weighted by Crippen LogP contribution is 2.34. The van der Waals surface area contributed by atoms with E-state index in [1.165, 1.54) is 31.4 Å². The number of methoxy groups -OCH3 is 1. The monoisotopic (exact) mass is 305 g/mol. The molecule has 22 heavy (non-hydrogen) atoms. The molecule has 114 valence electrons. The van der Waals surface area contributed by atoms with Crippen molar-refractivity contribution >= 4 is 11.4 Å². The number of non-ortho nitro benzene ring substituents is 1. The van der Waals surface area contributed by atoms with Gasteiger partial charge < -0.3 is 9.47 Å². The standard InChI is InChI=1S/C13H11N3O6/c1-8-5-13(14-7-10(8)16(19)20)22-11-4-3-9(15(17)18)6-12(11)21-2/h3-7H,1-2H3. The minimum Gasteiger partial charge on any atom is -0.493 e. The maximum absolute atomic E-state index is 10.7. The molecule has 1 aromatic heterocycles. The van der Waals surface area contributed by atoms with Crippen LogP contribution in [0.25, 0.3) is 0 Å². The van der Waals surface area contributed by atoms with Crippen molar-refractivity contribution < 1.29 is 19.3 Å². The first kappa shape index (κ1) is 15.2. The fourth-order valence-electron chi connectivity index (χ4n) is 1.74. The van der Waals surface area contributed by atoms with Crippen molar-refractivity contribution in [2.45, 2.75) is 6.92 Å². The zero-order chi connectivity index (χ0) is 16.3. The SMILES string of the molecule is COc1cc([N+](=O)[O-])ccc1Oc1cc(C)c([N+](=O)[O-])cn1. The Labute approximate surface area is 124 Å². The summed E-state index contributed by atoms with van der Waals surface area (Å²) in [4.78, 5) is 24.2. The third-order valence-corrected chi connectivity index (χ3v) is 2.83. The number of pyridine rings is 1. The molecule has 0 N–H and O–H groups in total. The Balaban J connectivity index is 2.32. The number of aryl methyl sites for hydroxylation is 1. The van der Waals surface area contributed by atoms with Crippen LogP contribution in [0.5, 0.6) is 17.4 Å². The largest absolute Gasteiger partial charge is 0.493 e. The molecule has 0 fully saturated rings. The third-order valence-electron chi connectivity index (χ3n) is 2.83. The summed E-state index contributed by atoms with van der Waals surface area (Å²) in [5.74, 6) is 0.496. The molecule has 1 aromatic carbocycles. The predicted molar refractivity (Wildman–Crippen MR) is 75.4 cm³/mol. The van der Waals surface area contributed by atoms with Crippen molar-refractivity contribution in [3.05, 3.63) is 56.3 Å². The molecule has 0 radical (unpaired) electrons. The normalized spacial score (nSPS) is 10.1. The highest BCUT2D eigenvalue weighted by molar-refractivity contribution is 5.50. The molecule has 9 heteroatoms. The van der Waals surface area contributed by atoms with E-state index in [0.29, 0.717) is 5.56 Å². The topological polar surface area (TPSA) is 118 Å². The minimum atomic E-state index is -0.555. The summed E-state index contributed by atoms with van der Waals surface area (Å²) in [5, 5.41) is 21.5. The van der Waals surface area contributed by atoms with E-state index in [-0.39, 0.29) is 28.8 Å². The summed E-state index contributed by atoms with van der Waals surface area (Å²) in [6.07, 6.45) is 1.09. The van der Waals surface area contributed by atoms with E-state index >= 15 is 0 Å². The average Bonchev–Trinajstić information content (AvgIpc) is 2.47. The van der Waals surface area contributed by atoms with Gasteiger partial charge in [-0.25, -0.2) is 4.98 Å². The minimum absolute atomic E-state index is 0.121. The summed E-state index contributed by atoms with van der Waals surface area (Å²) in [5.41, 5.74) is 0.121. The Morgan fingerprint density at radius 3 is 2.36 bits per heavy atom. The highest BCUT2D eigenvalue weighted by atomic mass is 16.6. The number of benzene rings is 1. The molecular weight excluding hydrogens is 294 g/mol. The van der Waals surface area contributed by atoms with Crippen molar-refractivity contribution in [3.63, 3.8) is 0 Å². The van der Waals surface area contributed by atoms with Gasteiger partial charge in [0.15, 0.2) is 11.5 Å². The third kappa shape index (κ3) is 3.08. The van der Waals surface area contributed by atoms with Crippen LogP contribution in [0.1, 0.15) is 5.56 Å². The fourth-order valence-corrected chi connectivity index (χ4v) is 1.74. The molecule has 0 atom stereocenters. The summed E-state index contributed by atoms with van der Waals surface area (Å²) >= 11 is 0. The molecule has 2 rings (SSSR count). The van der Waals surface area contributed by atoms with Crippen LogP contribution < -0.4 is 9.47 Å². The summed E-state index contributed by atoms with van der Waals surface area (Å²) in [6.45, 7) is 1.56. The molecule has 0 saturated carbocycles. The predicted octanol–water partition coefficient (Wildman–Crippen LogP) is 3.01. The van der Waals surface area contributed by atoms with Crippen LogP contribution in [-0.4, -0.2) is 21.9 Å². The molecular formula is C13H11N3O6. The maximum atomic E-state index is 10.7. The van der Waals surface area contributed by atoms with Crippen molar-refractivity contribution in [2.75, 3.05) is 7.11 Å². The van der Waals surface area contributed by atoms with Gasteiger partial charge in [-0.15, -0.1) is 0 Å². The van der Waals surface area contributed by atoms with Crippen molar-refractivity contribution in [1.82, 2.24) is 4.98 Å². The Bertz CT molecular complexity index is 747. The Morgan fingerprint density at radius 2 is 1.82 bits per heavy atom. The number of aromatic nitrogens is 1. The van der Waals surface area contributed by atoms with Crippen LogP contribution in [0.3, 0.4) is 0 Å². The Kier molecular flexibility index (Phi) is 4.16. The van der Waals surface area contributed by atoms with E-state index in [1.807, 2.05) is 0 Å². The maximum Gasteiger partial charge on any atom is 0.290 e. The lowest BCUT2D eigenvalue weighted by atomic mass is 10.2. The number of nitrogens with zero attached hydrogens (tertiary/aromatic N) is 3. The molecule has 0 saturated heterocycles. The smallest absolute Gasteiger partial charge is 0.290 e. The Morgan fingerprint density at radius 1 is 1.09 bits per heavy atom. The van der Waals surface area contributed by atoms with E-state index in [1.54, 1.807) is 6.92 Å². The lowest BCUT2D eigenvalue weighted by Crippen LogP contribution is -1.97. The highest BCUT2D eigenvalue weighted by Gasteiger charge is 2.16. The van der Waals surface area contributed by atoms with Gasteiger partial charge >= 0.3 is 0 Å². The fraction of sp³-hybridized carbons (Fsp3) is 0.154. The van der Waals surface area contributed by atoms with E-state index in [4.69, 9.17) is 9.47 Å². The van der Waals surface area contributed by atoms with Crippen molar-refractivity contribution in [1.29, 1.82) is 0 Å². The zero-order valence-corrected chi connectivity index (χ0v) is 11.7. The van der Waals surface area contributed by atoms with Gasteiger partial charge in [0.1, 0.15) is 6.20 Å². The van der Waals surface area contributed by atoms with E-state index < -0.39 is 9.85 Å². The van der Waals surface area contributed by atoms with Gasteiger partial charge in [-0.05, 0) is 13.0 Å². The number of nitro benzene ring substituents is 1. The second kappa shape index (κ2) is 6.04. The molecule has 9 nitrogen and oxygen atoms in total. The molecule has 1 heterocycles. The van der Waals surface area contributed by atoms with Crippen LogP contribution in [0, 0.1) is 27.2 Å². The Hall–Kier alpha value is -3.23. The lowest BCUT2D eigenvalue weighted by Gasteiger charge is -2.09. The molecule has 0 aliphatic carbocycles. The van der Waals surface area contributed by atoms with Gasteiger partial charge in [0.25, 0.3) is 11.4 Å². The van der Waals surface area contributed by atoms with Gasteiger partial charge in [0, 0.05) is 17.7 Å². The molecule has 0 spiro atoms. The van der Waals surface area contributed by atoms with Gasteiger partial charge in [-0.2, -0.15) is 0 Å². The number of nitro groups is 2. The first-order chi connectivity index (χ1) is 10.4. The molecule has 0 unspecified atom stereocenters. The lowest BCUT2D eigenvalue weighted by molar-refractivity contribution is -0.385. The van der Waals surface area contributed by atoms with Gasteiger partial charge in [-0.3, -0.25) is 20.2 Å². The first-order valence-corrected chi connectivity index (χ1v) is 6.03. The molecule has 0 aliphatic heterocycles. The number of rotatable bonds is 5. The van der Waals surface area contributed by atoms with E-state index in [0.717, 1.165) is 6.20 Å². The van der Waals surface area contributed by atoms with Crippen LogP contribution >= 0.6 is 0 Å². The van der Waals surface area contributed by atoms with Crippen LogP contribution in [0.2, 0.25) is 0 Å². The summed E-state index contributed by atoms with van der Waals surface area (Å²) < 4.78 is 10.5. The number of ether oxygens (including phenoxy) is 2. The summed E-state index contributed by atoms with van der Waals surface area (Å²) in [6, 6.07) is 5.25. The zero-order valence-electron chi connectivity index (χ0n) is 11.7. The van der Waals surface area contributed by atoms with Crippen molar-refractivity contribution in [3.8, 4) is 17.4 Å². The second-order valence-electron chi connectivity index (χ2n) is 4.26. The van der Waals surface area contributed by atoms with Gasteiger partial charge in [-0.1, -0.05) is 0 Å². The van der Waals surface area contributed by atoms with Gasteiger partial charge in [0.2, 0.25) is 5.88 Å².